The lowest BCUT2D eigenvalue weighted by molar-refractivity contribution is -0.137. The fraction of sp³-hybridized carbons (Fsp3) is 0.455. The average molecular weight is 232 g/mol. The Kier molecular flexibility index (Phi) is 4.18. The summed E-state index contributed by atoms with van der Waals surface area (Å²) >= 11 is 0. The molecular weight excluding hydrogens is 217 g/mol. The summed E-state index contributed by atoms with van der Waals surface area (Å²) in [6.45, 7) is 1.54. The Morgan fingerprint density at radius 1 is 1.12 bits per heavy atom. The van der Waals surface area contributed by atoms with Crippen LogP contribution in [0.15, 0.2) is 24.3 Å². The summed E-state index contributed by atoms with van der Waals surface area (Å²) in [6.07, 6.45) is -4.26. The highest BCUT2D eigenvalue weighted by Gasteiger charge is 2.29. The first kappa shape index (κ1) is 12.8. The number of hydrogen-bond acceptors (Lipinski definition) is 2. The third kappa shape index (κ3) is 4.10. The van der Waals surface area contributed by atoms with Gasteiger partial charge in [-0.1, -0.05) is 0 Å². The van der Waals surface area contributed by atoms with Gasteiger partial charge in [-0.25, -0.2) is 0 Å². The van der Waals surface area contributed by atoms with Crippen molar-refractivity contribution in [2.45, 2.75) is 6.18 Å². The zero-order valence-electron chi connectivity index (χ0n) is 9.30. The monoisotopic (exact) mass is 232 g/mol. The van der Waals surface area contributed by atoms with E-state index in [1.165, 1.54) is 12.1 Å². The maximum Gasteiger partial charge on any atom is 0.416 e. The smallest absolute Gasteiger partial charge is 0.384 e. The van der Waals surface area contributed by atoms with Crippen LogP contribution in [0.1, 0.15) is 5.56 Å². The van der Waals surface area contributed by atoms with Gasteiger partial charge in [0.1, 0.15) is 0 Å². The molecule has 0 unspecified atom stereocenters. The first-order chi connectivity index (χ1) is 7.39. The van der Waals surface area contributed by atoms with Crippen LogP contribution >= 0.6 is 0 Å². The van der Waals surface area contributed by atoms with Crippen LogP contribution in [0.3, 0.4) is 0 Å². The molecule has 0 saturated heterocycles. The molecule has 1 aromatic carbocycles. The summed E-state index contributed by atoms with van der Waals surface area (Å²) in [7, 11) is 3.88. The molecule has 0 radical (unpaired) electrons. The molecule has 0 bridgehead atoms. The van der Waals surface area contributed by atoms with Gasteiger partial charge < -0.3 is 10.2 Å². The second-order valence-electron chi connectivity index (χ2n) is 3.81. The number of benzene rings is 1. The Morgan fingerprint density at radius 2 is 1.69 bits per heavy atom. The van der Waals surface area contributed by atoms with Gasteiger partial charge in [-0.05, 0) is 38.4 Å². The topological polar surface area (TPSA) is 15.3 Å². The van der Waals surface area contributed by atoms with Crippen molar-refractivity contribution in [3.8, 4) is 0 Å². The predicted molar refractivity (Wildman–Crippen MR) is 58.5 cm³/mol. The summed E-state index contributed by atoms with van der Waals surface area (Å²) in [4.78, 5) is 2.00. The number of rotatable bonds is 4. The lowest BCUT2D eigenvalue weighted by Gasteiger charge is -2.12. The second kappa shape index (κ2) is 5.21. The molecule has 0 aliphatic rings. The average Bonchev–Trinajstić information content (AvgIpc) is 2.16. The van der Waals surface area contributed by atoms with E-state index in [2.05, 4.69) is 5.32 Å². The maximum atomic E-state index is 12.3. The minimum absolute atomic E-state index is 0.620. The van der Waals surface area contributed by atoms with E-state index in [4.69, 9.17) is 0 Å². The number of anilines is 1. The number of likely N-dealkylation sites (N-methyl/N-ethyl adjacent to an activating group) is 1. The molecule has 0 spiro atoms. The van der Waals surface area contributed by atoms with Gasteiger partial charge in [0.05, 0.1) is 5.56 Å². The molecule has 5 heteroatoms. The zero-order valence-corrected chi connectivity index (χ0v) is 9.30. The molecule has 1 aromatic rings. The normalized spacial score (nSPS) is 11.9. The van der Waals surface area contributed by atoms with Crippen LogP contribution in [0.5, 0.6) is 0 Å². The van der Waals surface area contributed by atoms with E-state index in [1.54, 1.807) is 0 Å². The van der Waals surface area contributed by atoms with Crippen molar-refractivity contribution in [2.24, 2.45) is 0 Å². The van der Waals surface area contributed by atoms with Gasteiger partial charge in [-0.3, -0.25) is 0 Å². The van der Waals surface area contributed by atoms with Gasteiger partial charge in [0.15, 0.2) is 0 Å². The molecule has 0 aliphatic heterocycles. The van der Waals surface area contributed by atoms with E-state index >= 15 is 0 Å². The molecule has 2 nitrogen and oxygen atoms in total. The van der Waals surface area contributed by atoms with Crippen LogP contribution in [0.2, 0.25) is 0 Å². The molecule has 1 N–H and O–H groups in total. The molecule has 16 heavy (non-hydrogen) atoms. The number of halogens is 3. The van der Waals surface area contributed by atoms with Gasteiger partial charge in [0, 0.05) is 18.8 Å². The van der Waals surface area contributed by atoms with Crippen LogP contribution in [0, 0.1) is 0 Å². The SMILES string of the molecule is CN(C)CCNc1ccc(C(F)(F)F)cc1. The number of alkyl halides is 3. The van der Waals surface area contributed by atoms with Gasteiger partial charge in [0.25, 0.3) is 0 Å². The van der Waals surface area contributed by atoms with Crippen LogP contribution in [0.25, 0.3) is 0 Å². The Labute approximate surface area is 93.1 Å². The Balaban J connectivity index is 2.52. The molecule has 1 rings (SSSR count). The van der Waals surface area contributed by atoms with Gasteiger partial charge in [-0.15, -0.1) is 0 Å². The Bertz CT molecular complexity index is 317. The Hall–Kier alpha value is -1.23. The first-order valence-corrected chi connectivity index (χ1v) is 4.95. The van der Waals surface area contributed by atoms with Crippen molar-refractivity contribution in [3.63, 3.8) is 0 Å². The third-order valence-corrected chi connectivity index (χ3v) is 2.10. The van der Waals surface area contributed by atoms with Crippen LogP contribution < -0.4 is 5.32 Å². The van der Waals surface area contributed by atoms with Crippen LogP contribution in [0.4, 0.5) is 18.9 Å². The molecule has 0 aliphatic carbocycles. The van der Waals surface area contributed by atoms with E-state index in [0.29, 0.717) is 12.2 Å². The summed E-state index contributed by atoms with van der Waals surface area (Å²) in [6, 6.07) is 5.05. The van der Waals surface area contributed by atoms with Gasteiger partial charge in [-0.2, -0.15) is 13.2 Å². The predicted octanol–water partition coefficient (Wildman–Crippen LogP) is 2.68. The van der Waals surface area contributed by atoms with Crippen molar-refractivity contribution in [3.05, 3.63) is 29.8 Å². The van der Waals surface area contributed by atoms with Crippen LogP contribution in [-0.2, 0) is 6.18 Å². The molecule has 0 amide bonds. The molecule has 0 aromatic heterocycles. The molecular formula is C11H15F3N2. The number of nitrogens with zero attached hydrogens (tertiary/aromatic N) is 1. The molecule has 0 heterocycles. The van der Waals surface area contributed by atoms with E-state index in [9.17, 15) is 13.2 Å². The summed E-state index contributed by atoms with van der Waals surface area (Å²) in [5.74, 6) is 0. The van der Waals surface area contributed by atoms with Crippen molar-refractivity contribution in [2.75, 3.05) is 32.5 Å². The summed E-state index contributed by atoms with van der Waals surface area (Å²) in [5, 5.41) is 3.05. The maximum absolute atomic E-state index is 12.3. The van der Waals surface area contributed by atoms with E-state index in [0.717, 1.165) is 18.7 Å². The quantitative estimate of drug-likeness (QED) is 0.858. The van der Waals surface area contributed by atoms with Crippen molar-refractivity contribution in [1.29, 1.82) is 0 Å². The highest BCUT2D eigenvalue weighted by Crippen LogP contribution is 2.29. The van der Waals surface area contributed by atoms with Crippen LogP contribution in [-0.4, -0.2) is 32.1 Å². The second-order valence-corrected chi connectivity index (χ2v) is 3.81. The molecule has 0 atom stereocenters. The number of hydrogen-bond donors (Lipinski definition) is 1. The molecule has 0 fully saturated rings. The minimum Gasteiger partial charge on any atom is -0.384 e. The first-order valence-electron chi connectivity index (χ1n) is 4.95. The standard InChI is InChI=1S/C11H15F3N2/c1-16(2)8-7-15-10-5-3-9(4-6-10)11(12,13)14/h3-6,15H,7-8H2,1-2H3. The van der Waals surface area contributed by atoms with Crippen molar-refractivity contribution in [1.82, 2.24) is 4.90 Å². The summed E-state index contributed by atoms with van der Waals surface area (Å²) < 4.78 is 36.8. The molecule has 0 saturated carbocycles. The molecule has 90 valence electrons. The van der Waals surface area contributed by atoms with E-state index < -0.39 is 11.7 Å². The lowest BCUT2D eigenvalue weighted by Crippen LogP contribution is -2.20. The summed E-state index contributed by atoms with van der Waals surface area (Å²) in [5.41, 5.74) is 0.0838. The number of nitrogens with one attached hydrogen (secondary N) is 1. The van der Waals surface area contributed by atoms with Gasteiger partial charge >= 0.3 is 6.18 Å². The highest BCUT2D eigenvalue weighted by molar-refractivity contribution is 5.45. The largest absolute Gasteiger partial charge is 0.416 e. The fourth-order valence-corrected chi connectivity index (χ4v) is 1.20. The fourth-order valence-electron chi connectivity index (χ4n) is 1.20. The third-order valence-electron chi connectivity index (χ3n) is 2.10. The Morgan fingerprint density at radius 3 is 2.12 bits per heavy atom. The lowest BCUT2D eigenvalue weighted by atomic mass is 10.2. The minimum atomic E-state index is -4.26. The van der Waals surface area contributed by atoms with E-state index in [-0.39, 0.29) is 0 Å². The highest BCUT2D eigenvalue weighted by atomic mass is 19.4. The van der Waals surface area contributed by atoms with Crippen molar-refractivity contribution >= 4 is 5.69 Å². The van der Waals surface area contributed by atoms with Crippen molar-refractivity contribution < 1.29 is 13.2 Å². The van der Waals surface area contributed by atoms with E-state index in [1.807, 2.05) is 19.0 Å². The van der Waals surface area contributed by atoms with Gasteiger partial charge in [0.2, 0.25) is 0 Å². The zero-order chi connectivity index (χ0) is 12.2.